The molecule has 6 N–H and O–H groups in total. The molecule has 0 aliphatic heterocycles. The number of rotatable bonds is 8. The molecule has 0 heterocycles. The van der Waals surface area contributed by atoms with Crippen LogP contribution in [0, 0.1) is 0 Å². The molecule has 4 atom stereocenters. The van der Waals surface area contributed by atoms with Crippen molar-refractivity contribution in [1.82, 2.24) is 0 Å². The van der Waals surface area contributed by atoms with Crippen LogP contribution >= 0.6 is 0 Å². The van der Waals surface area contributed by atoms with Gasteiger partial charge in [-0.05, 0) is 0 Å². The van der Waals surface area contributed by atoms with Gasteiger partial charge >= 0.3 is 0 Å². The van der Waals surface area contributed by atoms with Gasteiger partial charge in [-0.2, -0.15) is 0 Å². The van der Waals surface area contributed by atoms with Crippen LogP contribution in [0.5, 0.6) is 0 Å². The predicted octanol–water partition coefficient (Wildman–Crippen LogP) is -2.41. The monoisotopic (exact) mass is 221 g/mol. The Labute approximate surface area is 88.6 Å². The van der Waals surface area contributed by atoms with E-state index >= 15 is 0 Å². The van der Waals surface area contributed by atoms with E-state index in [0.29, 0.717) is 6.61 Å². The van der Waals surface area contributed by atoms with Crippen LogP contribution in [0.15, 0.2) is 12.7 Å². The molecule has 0 amide bonds. The molecular formula is C9H19NO5. The Kier molecular flexibility index (Phi) is 7.49. The second-order valence-electron chi connectivity index (χ2n) is 3.22. The average Bonchev–Trinajstić information content (AvgIpc) is 2.26. The third-order valence-electron chi connectivity index (χ3n) is 1.92. The molecular weight excluding hydrogens is 202 g/mol. The lowest BCUT2D eigenvalue weighted by Gasteiger charge is -2.26. The summed E-state index contributed by atoms with van der Waals surface area (Å²) < 4.78 is 4.97. The number of hydrogen-bond acceptors (Lipinski definition) is 6. The van der Waals surface area contributed by atoms with E-state index in [1.54, 1.807) is 0 Å². The van der Waals surface area contributed by atoms with E-state index in [4.69, 9.17) is 20.7 Å². The normalized spacial score (nSPS) is 19.3. The van der Waals surface area contributed by atoms with Gasteiger partial charge in [-0.3, -0.25) is 0 Å². The molecule has 0 fully saturated rings. The Morgan fingerprint density at radius 2 is 1.87 bits per heavy atom. The summed E-state index contributed by atoms with van der Waals surface area (Å²) in [4.78, 5) is 0. The highest BCUT2D eigenvalue weighted by Gasteiger charge is 2.28. The van der Waals surface area contributed by atoms with Crippen molar-refractivity contribution in [3.05, 3.63) is 12.7 Å². The molecule has 0 aromatic carbocycles. The zero-order valence-corrected chi connectivity index (χ0v) is 8.49. The highest BCUT2D eigenvalue weighted by Crippen LogP contribution is 2.03. The van der Waals surface area contributed by atoms with Gasteiger partial charge in [-0.1, -0.05) is 6.08 Å². The fourth-order valence-electron chi connectivity index (χ4n) is 0.975. The summed E-state index contributed by atoms with van der Waals surface area (Å²) in [7, 11) is 0. The number of aliphatic hydroxyl groups excluding tert-OH is 4. The highest BCUT2D eigenvalue weighted by atomic mass is 16.5. The van der Waals surface area contributed by atoms with Gasteiger partial charge in [0.05, 0.1) is 32.0 Å². The van der Waals surface area contributed by atoms with Crippen LogP contribution in [0.2, 0.25) is 0 Å². The minimum atomic E-state index is -1.49. The van der Waals surface area contributed by atoms with Gasteiger partial charge in [-0.15, -0.1) is 6.58 Å². The average molecular weight is 221 g/mol. The quantitative estimate of drug-likeness (QED) is 0.230. The number of ether oxygens (including phenoxy) is 1. The highest BCUT2D eigenvalue weighted by molar-refractivity contribution is 4.83. The van der Waals surface area contributed by atoms with Crippen LogP contribution in [0.3, 0.4) is 0 Å². The fourth-order valence-corrected chi connectivity index (χ4v) is 0.975. The molecule has 90 valence electrons. The largest absolute Gasteiger partial charge is 0.394 e. The minimum absolute atomic E-state index is 0.0302. The first-order valence-corrected chi connectivity index (χ1v) is 4.63. The third kappa shape index (κ3) is 5.22. The maximum atomic E-state index is 9.44. The molecule has 0 bridgehead atoms. The Morgan fingerprint density at radius 1 is 1.27 bits per heavy atom. The van der Waals surface area contributed by atoms with Crippen LogP contribution in [0.4, 0.5) is 0 Å². The van der Waals surface area contributed by atoms with Crippen LogP contribution in [0.1, 0.15) is 0 Å². The lowest BCUT2D eigenvalue weighted by atomic mass is 10.0. The van der Waals surface area contributed by atoms with Crippen molar-refractivity contribution in [2.24, 2.45) is 5.73 Å². The summed E-state index contributed by atoms with van der Waals surface area (Å²) in [5.41, 5.74) is 5.49. The molecule has 0 aliphatic rings. The van der Waals surface area contributed by atoms with Gasteiger partial charge in [0.25, 0.3) is 0 Å². The number of nitrogens with two attached hydrogens (primary N) is 1. The fraction of sp³-hybridized carbons (Fsp3) is 0.778. The smallest absolute Gasteiger partial charge is 0.110 e. The first-order chi connectivity index (χ1) is 7.04. The summed E-state index contributed by atoms with van der Waals surface area (Å²) in [6, 6.07) is -0.832. The molecule has 0 saturated heterocycles. The van der Waals surface area contributed by atoms with E-state index in [1.807, 2.05) is 0 Å². The predicted molar refractivity (Wildman–Crippen MR) is 54.1 cm³/mol. The van der Waals surface area contributed by atoms with Gasteiger partial charge < -0.3 is 30.9 Å². The molecule has 0 unspecified atom stereocenters. The molecule has 0 spiro atoms. The summed E-state index contributed by atoms with van der Waals surface area (Å²) in [6.45, 7) is 3.11. The lowest BCUT2D eigenvalue weighted by Crippen LogP contribution is -2.51. The van der Waals surface area contributed by atoms with E-state index in [0.717, 1.165) is 0 Å². The van der Waals surface area contributed by atoms with Crippen LogP contribution < -0.4 is 5.73 Å². The molecule has 6 heteroatoms. The number of hydrogen-bond donors (Lipinski definition) is 5. The Morgan fingerprint density at radius 3 is 2.33 bits per heavy atom. The maximum absolute atomic E-state index is 9.44. The SMILES string of the molecule is C=CCOC[C@@H](N)[C@@H](O)[C@H](O)[C@H](O)CO. The molecule has 0 saturated carbocycles. The Bertz CT molecular complexity index is 178. The van der Waals surface area contributed by atoms with Crippen LogP contribution in [-0.4, -0.2) is 64.6 Å². The van der Waals surface area contributed by atoms with Crippen molar-refractivity contribution < 1.29 is 25.2 Å². The van der Waals surface area contributed by atoms with E-state index in [2.05, 4.69) is 6.58 Å². The molecule has 0 rings (SSSR count). The summed E-state index contributed by atoms with van der Waals surface area (Å²) in [6.07, 6.45) is -2.72. The first kappa shape index (κ1) is 14.5. The molecule has 0 aromatic rings. The first-order valence-electron chi connectivity index (χ1n) is 4.63. The van der Waals surface area contributed by atoms with Crippen LogP contribution in [-0.2, 0) is 4.74 Å². The molecule has 15 heavy (non-hydrogen) atoms. The second kappa shape index (κ2) is 7.75. The van der Waals surface area contributed by atoms with Crippen molar-refractivity contribution >= 4 is 0 Å². The van der Waals surface area contributed by atoms with Crippen molar-refractivity contribution in [3.8, 4) is 0 Å². The summed E-state index contributed by atoms with van der Waals surface area (Å²) in [5, 5.41) is 36.3. The molecule has 6 nitrogen and oxygen atoms in total. The van der Waals surface area contributed by atoms with Crippen LogP contribution in [0.25, 0.3) is 0 Å². The molecule has 0 aliphatic carbocycles. The zero-order valence-electron chi connectivity index (χ0n) is 8.49. The standard InChI is InChI=1S/C9H19NO5/c1-2-3-15-5-6(10)8(13)9(14)7(12)4-11/h2,6-9,11-14H,1,3-5,10H2/t6-,7-,8-,9-/m1/s1. The molecule has 0 radical (unpaired) electrons. The van der Waals surface area contributed by atoms with E-state index < -0.39 is 31.0 Å². The summed E-state index contributed by atoms with van der Waals surface area (Å²) in [5.74, 6) is 0. The van der Waals surface area contributed by atoms with Gasteiger partial charge in [0, 0.05) is 0 Å². The van der Waals surface area contributed by atoms with Gasteiger partial charge in [0.15, 0.2) is 0 Å². The van der Waals surface area contributed by atoms with E-state index in [9.17, 15) is 10.2 Å². The van der Waals surface area contributed by atoms with Gasteiger partial charge in [0.2, 0.25) is 0 Å². The molecule has 0 aromatic heterocycles. The Hall–Kier alpha value is -0.500. The van der Waals surface area contributed by atoms with Crippen molar-refractivity contribution in [2.45, 2.75) is 24.4 Å². The topological polar surface area (TPSA) is 116 Å². The minimum Gasteiger partial charge on any atom is -0.394 e. The third-order valence-corrected chi connectivity index (χ3v) is 1.92. The van der Waals surface area contributed by atoms with Crippen molar-refractivity contribution in [2.75, 3.05) is 19.8 Å². The lowest BCUT2D eigenvalue weighted by molar-refractivity contribution is -0.0896. The number of aliphatic hydroxyl groups is 4. The van der Waals surface area contributed by atoms with Crippen molar-refractivity contribution in [1.29, 1.82) is 0 Å². The second-order valence-corrected chi connectivity index (χ2v) is 3.22. The van der Waals surface area contributed by atoms with Crippen molar-refractivity contribution in [3.63, 3.8) is 0 Å². The maximum Gasteiger partial charge on any atom is 0.110 e. The van der Waals surface area contributed by atoms with Gasteiger partial charge in [0.1, 0.15) is 12.2 Å². The zero-order chi connectivity index (χ0) is 11.8. The Balaban J connectivity index is 3.95. The van der Waals surface area contributed by atoms with Gasteiger partial charge in [-0.25, -0.2) is 0 Å². The summed E-state index contributed by atoms with van der Waals surface area (Å²) >= 11 is 0. The van der Waals surface area contributed by atoms with E-state index in [1.165, 1.54) is 6.08 Å². The van der Waals surface area contributed by atoms with E-state index in [-0.39, 0.29) is 6.61 Å².